The van der Waals surface area contributed by atoms with Crippen LogP contribution in [0.25, 0.3) is 76.1 Å². The molecule has 0 aliphatic heterocycles. The van der Waals surface area contributed by atoms with Crippen LogP contribution in [0.3, 0.4) is 0 Å². The van der Waals surface area contributed by atoms with E-state index in [0.717, 1.165) is 12.8 Å². The zero-order valence-electron chi connectivity index (χ0n) is 23.1. The topological polar surface area (TPSA) is 0 Å². The molecule has 2 aliphatic carbocycles. The Hall–Kier alpha value is -5.20. The fourth-order valence-corrected chi connectivity index (χ4v) is 7.87. The van der Waals surface area contributed by atoms with Crippen LogP contribution in [0, 0.1) is 0 Å². The maximum atomic E-state index is 2.44. The van der Waals surface area contributed by atoms with Crippen molar-refractivity contribution >= 4 is 65.0 Å². The third-order valence-electron chi connectivity index (χ3n) is 9.83. The molecule has 0 amide bonds. The molecule has 0 aromatic heterocycles. The highest BCUT2D eigenvalue weighted by atomic mass is 14.3. The number of rotatable bonds is 2. The summed E-state index contributed by atoms with van der Waals surface area (Å²) in [5, 5.41) is 13.4. The van der Waals surface area contributed by atoms with Crippen molar-refractivity contribution in [1.82, 2.24) is 0 Å². The molecule has 10 rings (SSSR count). The molecular formula is C42H26. The Kier molecular flexibility index (Phi) is 4.38. The lowest BCUT2D eigenvalue weighted by molar-refractivity contribution is 1.22. The largest absolute Gasteiger partial charge is 0.0759 e. The number of fused-ring (bicyclic) bond motifs is 1. The van der Waals surface area contributed by atoms with Crippen molar-refractivity contribution in [3.8, 4) is 11.1 Å². The maximum absolute atomic E-state index is 2.44. The highest BCUT2D eigenvalue weighted by Gasteiger charge is 2.24. The molecule has 0 N–H and O–H groups in total. The van der Waals surface area contributed by atoms with Crippen LogP contribution in [0.2, 0.25) is 0 Å². The van der Waals surface area contributed by atoms with Gasteiger partial charge in [-0.2, -0.15) is 0 Å². The Morgan fingerprint density at radius 2 is 1.02 bits per heavy atom. The molecule has 2 aliphatic rings. The molecule has 194 valence electrons. The Labute approximate surface area is 244 Å². The van der Waals surface area contributed by atoms with Crippen LogP contribution in [0.15, 0.2) is 133 Å². The fourth-order valence-electron chi connectivity index (χ4n) is 7.87. The quantitative estimate of drug-likeness (QED) is 0.195. The normalized spacial score (nSPS) is 14.3. The van der Waals surface area contributed by atoms with Gasteiger partial charge in [0.15, 0.2) is 0 Å². The van der Waals surface area contributed by atoms with Crippen molar-refractivity contribution in [2.24, 2.45) is 0 Å². The van der Waals surface area contributed by atoms with Gasteiger partial charge < -0.3 is 0 Å². The zero-order chi connectivity index (χ0) is 27.4. The summed E-state index contributed by atoms with van der Waals surface area (Å²) in [5.74, 6) is 0. The zero-order valence-corrected chi connectivity index (χ0v) is 23.1. The van der Waals surface area contributed by atoms with Gasteiger partial charge in [-0.25, -0.2) is 0 Å². The summed E-state index contributed by atoms with van der Waals surface area (Å²) in [7, 11) is 0. The lowest BCUT2D eigenvalue weighted by Crippen LogP contribution is -2.06. The number of hydrogen-bond acceptors (Lipinski definition) is 0. The molecule has 8 aromatic carbocycles. The number of benzene rings is 8. The van der Waals surface area contributed by atoms with Crippen LogP contribution in [0.5, 0.6) is 0 Å². The predicted molar refractivity (Wildman–Crippen MR) is 180 cm³/mol. The molecule has 0 atom stereocenters. The summed E-state index contributed by atoms with van der Waals surface area (Å²) in [6, 6.07) is 45.7. The monoisotopic (exact) mass is 530 g/mol. The second kappa shape index (κ2) is 8.18. The van der Waals surface area contributed by atoms with E-state index in [1.54, 1.807) is 0 Å². The Morgan fingerprint density at radius 3 is 1.86 bits per heavy atom. The number of allylic oxidation sites excluding steroid dienone is 3. The first-order valence-corrected chi connectivity index (χ1v) is 15.0. The van der Waals surface area contributed by atoms with E-state index in [2.05, 4.69) is 133 Å². The lowest BCUT2D eigenvalue weighted by Gasteiger charge is -2.27. The first-order valence-electron chi connectivity index (χ1n) is 15.0. The van der Waals surface area contributed by atoms with Gasteiger partial charge in [-0.15, -0.1) is 0 Å². The first kappa shape index (κ1) is 22.5. The van der Waals surface area contributed by atoms with E-state index >= 15 is 0 Å². The summed E-state index contributed by atoms with van der Waals surface area (Å²) in [5.41, 5.74) is 11.0. The van der Waals surface area contributed by atoms with Crippen LogP contribution in [-0.4, -0.2) is 0 Å². The SMILES string of the molecule is C1=C(c2ccc3cc(-c4ccc5ccc6cccc7ccc4c5c67)ccc3c2)c2ccc3cccc4c3c2C(=CC4)C1. The van der Waals surface area contributed by atoms with Gasteiger partial charge in [-0.3, -0.25) is 0 Å². The van der Waals surface area contributed by atoms with Gasteiger partial charge in [-0.1, -0.05) is 121 Å². The molecule has 0 saturated heterocycles. The van der Waals surface area contributed by atoms with Gasteiger partial charge in [0, 0.05) is 0 Å². The molecule has 0 radical (unpaired) electrons. The number of hydrogen-bond donors (Lipinski definition) is 0. The molecule has 0 heteroatoms. The van der Waals surface area contributed by atoms with E-state index < -0.39 is 0 Å². The van der Waals surface area contributed by atoms with Gasteiger partial charge >= 0.3 is 0 Å². The summed E-state index contributed by atoms with van der Waals surface area (Å²) in [6.07, 6.45) is 6.92. The van der Waals surface area contributed by atoms with Crippen molar-refractivity contribution in [3.05, 3.63) is 156 Å². The maximum Gasteiger partial charge on any atom is -0.00206 e. The van der Waals surface area contributed by atoms with E-state index in [1.165, 1.54) is 98.4 Å². The minimum atomic E-state index is 1.00. The van der Waals surface area contributed by atoms with Crippen LogP contribution < -0.4 is 0 Å². The molecule has 0 unspecified atom stereocenters. The van der Waals surface area contributed by atoms with E-state index in [4.69, 9.17) is 0 Å². The van der Waals surface area contributed by atoms with E-state index in [-0.39, 0.29) is 0 Å². The second-order valence-electron chi connectivity index (χ2n) is 12.0. The highest BCUT2D eigenvalue weighted by Crippen LogP contribution is 2.45. The minimum Gasteiger partial charge on any atom is -0.0759 e. The van der Waals surface area contributed by atoms with Gasteiger partial charge in [0.05, 0.1) is 0 Å². The third-order valence-corrected chi connectivity index (χ3v) is 9.83. The van der Waals surface area contributed by atoms with Crippen molar-refractivity contribution in [1.29, 1.82) is 0 Å². The van der Waals surface area contributed by atoms with Gasteiger partial charge in [0.2, 0.25) is 0 Å². The molecule has 0 heterocycles. The summed E-state index contributed by atoms with van der Waals surface area (Å²) < 4.78 is 0. The summed E-state index contributed by atoms with van der Waals surface area (Å²) in [6.45, 7) is 0. The van der Waals surface area contributed by atoms with Crippen LogP contribution in [-0.2, 0) is 6.42 Å². The average molecular weight is 531 g/mol. The molecule has 0 spiro atoms. The lowest BCUT2D eigenvalue weighted by atomic mass is 9.77. The molecule has 0 bridgehead atoms. The average Bonchev–Trinajstić information content (AvgIpc) is 3.05. The van der Waals surface area contributed by atoms with Gasteiger partial charge in [0.1, 0.15) is 0 Å². The van der Waals surface area contributed by atoms with E-state index in [9.17, 15) is 0 Å². The van der Waals surface area contributed by atoms with Crippen LogP contribution in [0.1, 0.15) is 28.7 Å². The van der Waals surface area contributed by atoms with E-state index in [1.807, 2.05) is 0 Å². The molecule has 0 saturated carbocycles. The second-order valence-corrected chi connectivity index (χ2v) is 12.0. The highest BCUT2D eigenvalue weighted by molar-refractivity contribution is 6.25. The Morgan fingerprint density at radius 1 is 0.405 bits per heavy atom. The molecule has 8 aromatic rings. The summed E-state index contributed by atoms with van der Waals surface area (Å²) in [4.78, 5) is 0. The van der Waals surface area contributed by atoms with Gasteiger partial charge in [0.25, 0.3) is 0 Å². The van der Waals surface area contributed by atoms with Crippen LogP contribution in [0.4, 0.5) is 0 Å². The minimum absolute atomic E-state index is 1.00. The first-order chi connectivity index (χ1) is 20.8. The molecular weight excluding hydrogens is 504 g/mol. The Bertz CT molecular complexity index is 2490. The van der Waals surface area contributed by atoms with E-state index in [0.29, 0.717) is 0 Å². The van der Waals surface area contributed by atoms with Crippen molar-refractivity contribution in [2.45, 2.75) is 12.8 Å². The molecule has 0 fully saturated rings. The summed E-state index contributed by atoms with van der Waals surface area (Å²) >= 11 is 0. The smallest absolute Gasteiger partial charge is 0.00206 e. The van der Waals surface area contributed by atoms with Crippen LogP contribution >= 0.6 is 0 Å². The predicted octanol–water partition coefficient (Wildman–Crippen LogP) is 11.3. The van der Waals surface area contributed by atoms with Crippen molar-refractivity contribution in [3.63, 3.8) is 0 Å². The molecule has 42 heavy (non-hydrogen) atoms. The Balaban J connectivity index is 1.11. The standard InChI is InChI=1S/C42H26/c1-3-25-7-9-29-15-19-35(37-21-17-27(5-1)39(25)41(29)37)33-13-11-32-24-34(14-12-31(32)23-33)36-20-16-30-10-8-26-4-2-6-28-18-22-38(36)42(30)40(26)28/h1-7,9-15,17-24H,8,16H2. The van der Waals surface area contributed by atoms with Crippen molar-refractivity contribution < 1.29 is 0 Å². The third kappa shape index (κ3) is 3.02. The van der Waals surface area contributed by atoms with Gasteiger partial charge in [-0.05, 0) is 123 Å². The molecule has 0 nitrogen and oxygen atoms in total. The fraction of sp³-hybridized carbons (Fsp3) is 0.0476. The van der Waals surface area contributed by atoms with Crippen molar-refractivity contribution in [2.75, 3.05) is 0 Å².